The lowest BCUT2D eigenvalue weighted by Crippen LogP contribution is -2.53. The van der Waals surface area contributed by atoms with E-state index in [-0.39, 0.29) is 0 Å². The van der Waals surface area contributed by atoms with Gasteiger partial charge < -0.3 is 0 Å². The maximum Gasteiger partial charge on any atom is 0.0638 e. The number of nitrogens with zero attached hydrogens (tertiary/aromatic N) is 4. The molecular weight excluding hydrogens is 248 g/mol. The number of aromatic nitrogens is 2. The van der Waals surface area contributed by atoms with Crippen LogP contribution in [0.4, 0.5) is 0 Å². The van der Waals surface area contributed by atoms with Crippen LogP contribution in [0.25, 0.3) is 0 Å². The Balaban J connectivity index is 1.96. The fraction of sp³-hybridized carbons (Fsp3) is 0.688. The minimum Gasteiger partial charge on any atom is -0.296 e. The summed E-state index contributed by atoms with van der Waals surface area (Å²) in [6.45, 7) is 18.0. The zero-order valence-corrected chi connectivity index (χ0v) is 13.3. The molecule has 0 amide bonds. The van der Waals surface area contributed by atoms with Gasteiger partial charge in [-0.3, -0.25) is 14.5 Å². The SMILES string of the molecule is C=CCn1cc(CN2CCN(C(C)C)[C@H](C)C2)c(C)n1. The predicted molar refractivity (Wildman–Crippen MR) is 83.7 cm³/mol. The van der Waals surface area contributed by atoms with E-state index in [0.29, 0.717) is 12.1 Å². The first-order valence-corrected chi connectivity index (χ1v) is 7.63. The Morgan fingerprint density at radius 1 is 1.45 bits per heavy atom. The lowest BCUT2D eigenvalue weighted by Gasteiger charge is -2.42. The van der Waals surface area contributed by atoms with Gasteiger partial charge in [0.1, 0.15) is 0 Å². The molecule has 1 aromatic rings. The summed E-state index contributed by atoms with van der Waals surface area (Å²) < 4.78 is 1.98. The van der Waals surface area contributed by atoms with Crippen molar-refractivity contribution in [3.63, 3.8) is 0 Å². The average Bonchev–Trinajstić information content (AvgIpc) is 2.70. The summed E-state index contributed by atoms with van der Waals surface area (Å²) in [5.74, 6) is 0. The molecule has 1 aliphatic heterocycles. The van der Waals surface area contributed by atoms with Crippen LogP contribution in [0.5, 0.6) is 0 Å². The van der Waals surface area contributed by atoms with Crippen molar-refractivity contribution >= 4 is 0 Å². The van der Waals surface area contributed by atoms with E-state index in [1.807, 2.05) is 10.8 Å². The summed E-state index contributed by atoms with van der Waals surface area (Å²) >= 11 is 0. The lowest BCUT2D eigenvalue weighted by molar-refractivity contribution is 0.0563. The second-order valence-electron chi connectivity index (χ2n) is 6.17. The quantitative estimate of drug-likeness (QED) is 0.771. The van der Waals surface area contributed by atoms with Gasteiger partial charge in [0, 0.05) is 50.0 Å². The van der Waals surface area contributed by atoms with Gasteiger partial charge in [0.2, 0.25) is 0 Å². The number of aryl methyl sites for hydroxylation is 1. The van der Waals surface area contributed by atoms with Crippen molar-refractivity contribution in [1.29, 1.82) is 0 Å². The highest BCUT2D eigenvalue weighted by Crippen LogP contribution is 2.16. The zero-order chi connectivity index (χ0) is 14.7. The van der Waals surface area contributed by atoms with Crippen LogP contribution in [0.1, 0.15) is 32.0 Å². The minimum atomic E-state index is 0.632. The molecule has 0 unspecified atom stereocenters. The van der Waals surface area contributed by atoms with Gasteiger partial charge in [0.05, 0.1) is 12.2 Å². The van der Waals surface area contributed by atoms with Gasteiger partial charge in [-0.05, 0) is 27.7 Å². The van der Waals surface area contributed by atoms with E-state index in [9.17, 15) is 0 Å². The summed E-state index contributed by atoms with van der Waals surface area (Å²) in [7, 11) is 0. The van der Waals surface area contributed by atoms with E-state index in [0.717, 1.165) is 31.9 Å². The maximum atomic E-state index is 4.54. The lowest BCUT2D eigenvalue weighted by atomic mass is 10.1. The molecule has 20 heavy (non-hydrogen) atoms. The van der Waals surface area contributed by atoms with Crippen LogP contribution in [0.2, 0.25) is 0 Å². The Morgan fingerprint density at radius 3 is 2.80 bits per heavy atom. The fourth-order valence-electron chi connectivity index (χ4n) is 3.14. The van der Waals surface area contributed by atoms with Crippen molar-refractivity contribution in [2.45, 2.75) is 52.9 Å². The molecular formula is C16H28N4. The molecule has 4 heteroatoms. The van der Waals surface area contributed by atoms with Gasteiger partial charge >= 0.3 is 0 Å². The van der Waals surface area contributed by atoms with Crippen molar-refractivity contribution in [3.8, 4) is 0 Å². The molecule has 1 aromatic heterocycles. The van der Waals surface area contributed by atoms with E-state index in [2.05, 4.69) is 55.4 Å². The topological polar surface area (TPSA) is 24.3 Å². The molecule has 112 valence electrons. The van der Waals surface area contributed by atoms with Gasteiger partial charge in [-0.2, -0.15) is 5.10 Å². The van der Waals surface area contributed by atoms with E-state index >= 15 is 0 Å². The maximum absolute atomic E-state index is 4.54. The fourth-order valence-corrected chi connectivity index (χ4v) is 3.14. The van der Waals surface area contributed by atoms with Crippen molar-refractivity contribution in [3.05, 3.63) is 30.1 Å². The average molecular weight is 276 g/mol. The first-order valence-electron chi connectivity index (χ1n) is 7.63. The third kappa shape index (κ3) is 3.49. The normalized spacial score (nSPS) is 21.6. The van der Waals surface area contributed by atoms with E-state index < -0.39 is 0 Å². The summed E-state index contributed by atoms with van der Waals surface area (Å²) in [4.78, 5) is 5.14. The Morgan fingerprint density at radius 2 is 2.20 bits per heavy atom. The van der Waals surface area contributed by atoms with E-state index in [4.69, 9.17) is 0 Å². The van der Waals surface area contributed by atoms with Gasteiger partial charge in [-0.15, -0.1) is 6.58 Å². The Labute approximate surface area is 123 Å². The monoisotopic (exact) mass is 276 g/mol. The van der Waals surface area contributed by atoms with Crippen LogP contribution < -0.4 is 0 Å². The van der Waals surface area contributed by atoms with E-state index in [1.165, 1.54) is 12.1 Å². The van der Waals surface area contributed by atoms with Crippen molar-refractivity contribution in [2.75, 3.05) is 19.6 Å². The van der Waals surface area contributed by atoms with Gasteiger partial charge in [0.25, 0.3) is 0 Å². The highest BCUT2D eigenvalue weighted by molar-refractivity contribution is 5.15. The molecule has 1 fully saturated rings. The van der Waals surface area contributed by atoms with Crippen molar-refractivity contribution < 1.29 is 0 Å². The van der Waals surface area contributed by atoms with Crippen molar-refractivity contribution in [2.24, 2.45) is 0 Å². The van der Waals surface area contributed by atoms with Gasteiger partial charge in [-0.25, -0.2) is 0 Å². The van der Waals surface area contributed by atoms with Crippen molar-refractivity contribution in [1.82, 2.24) is 19.6 Å². The molecule has 0 radical (unpaired) electrons. The number of hydrogen-bond acceptors (Lipinski definition) is 3. The van der Waals surface area contributed by atoms with Crippen LogP contribution >= 0.6 is 0 Å². The van der Waals surface area contributed by atoms with Crippen LogP contribution in [0, 0.1) is 6.92 Å². The van der Waals surface area contributed by atoms with Gasteiger partial charge in [-0.1, -0.05) is 6.08 Å². The Hall–Kier alpha value is -1.13. The molecule has 0 N–H and O–H groups in total. The molecule has 0 spiro atoms. The number of piperazine rings is 1. The molecule has 2 heterocycles. The van der Waals surface area contributed by atoms with Crippen LogP contribution in [0.3, 0.4) is 0 Å². The molecule has 2 rings (SSSR count). The number of hydrogen-bond donors (Lipinski definition) is 0. The molecule has 0 aliphatic carbocycles. The molecule has 0 saturated carbocycles. The molecule has 4 nitrogen and oxygen atoms in total. The number of rotatable bonds is 5. The third-order valence-electron chi connectivity index (χ3n) is 4.18. The predicted octanol–water partition coefficient (Wildman–Crippen LogP) is 2.29. The molecule has 1 atom stereocenters. The molecule has 0 bridgehead atoms. The van der Waals surface area contributed by atoms with Gasteiger partial charge in [0.15, 0.2) is 0 Å². The second-order valence-corrected chi connectivity index (χ2v) is 6.17. The largest absolute Gasteiger partial charge is 0.296 e. The first kappa shape index (κ1) is 15.3. The highest BCUT2D eigenvalue weighted by atomic mass is 15.3. The van der Waals surface area contributed by atoms with Crippen LogP contribution in [-0.4, -0.2) is 51.3 Å². The standard InChI is InChI=1S/C16H28N4/c1-6-7-19-12-16(15(5)17-19)11-18-8-9-20(13(2)3)14(4)10-18/h6,12-14H,1,7-11H2,2-5H3/t14-/m1/s1. The highest BCUT2D eigenvalue weighted by Gasteiger charge is 2.25. The summed E-state index contributed by atoms with van der Waals surface area (Å²) in [5, 5.41) is 4.54. The zero-order valence-electron chi connectivity index (χ0n) is 13.3. The third-order valence-corrected chi connectivity index (χ3v) is 4.18. The molecule has 1 saturated heterocycles. The first-order chi connectivity index (χ1) is 9.51. The number of allylic oxidation sites excluding steroid dienone is 1. The minimum absolute atomic E-state index is 0.632. The Kier molecular flexibility index (Phi) is 5.00. The summed E-state index contributed by atoms with van der Waals surface area (Å²) in [6.07, 6.45) is 4.05. The molecule has 0 aromatic carbocycles. The van der Waals surface area contributed by atoms with E-state index in [1.54, 1.807) is 0 Å². The van der Waals surface area contributed by atoms with Crippen LogP contribution in [-0.2, 0) is 13.1 Å². The van der Waals surface area contributed by atoms with Crippen LogP contribution in [0.15, 0.2) is 18.9 Å². The second kappa shape index (κ2) is 6.55. The summed E-state index contributed by atoms with van der Waals surface area (Å²) in [5.41, 5.74) is 2.49. The molecule has 1 aliphatic rings. The smallest absolute Gasteiger partial charge is 0.0638 e. The summed E-state index contributed by atoms with van der Waals surface area (Å²) in [6, 6.07) is 1.27. The Bertz CT molecular complexity index is 449.